The van der Waals surface area contributed by atoms with Crippen LogP contribution in [0.1, 0.15) is 26.9 Å². The zero-order chi connectivity index (χ0) is 26.4. The molecule has 2 heterocycles. The van der Waals surface area contributed by atoms with E-state index >= 15 is 0 Å². The van der Waals surface area contributed by atoms with Crippen molar-refractivity contribution >= 4 is 38.9 Å². The molecule has 0 spiro atoms. The monoisotopic (exact) mass is 564 g/mol. The number of sulfonamides is 1. The quantitative estimate of drug-likeness (QED) is 0.336. The second kappa shape index (κ2) is 12.4. The molecule has 4 rings (SSSR count). The molecular weight excluding hydrogens is 536 g/mol. The summed E-state index contributed by atoms with van der Waals surface area (Å²) < 4.78 is 44.4. The Bertz CT molecular complexity index is 1320. The van der Waals surface area contributed by atoms with Crippen molar-refractivity contribution in [1.29, 1.82) is 0 Å². The van der Waals surface area contributed by atoms with Gasteiger partial charge in [0.15, 0.2) is 0 Å². The summed E-state index contributed by atoms with van der Waals surface area (Å²) in [6.45, 7) is 2.62. The lowest BCUT2D eigenvalue weighted by molar-refractivity contribution is 0.00762. The second-order valence-electron chi connectivity index (χ2n) is 8.52. The second-order valence-corrected chi connectivity index (χ2v) is 11.8. The Morgan fingerprint density at radius 1 is 1.05 bits per heavy atom. The van der Waals surface area contributed by atoms with Crippen LogP contribution in [0, 0.1) is 0 Å². The Balaban J connectivity index is 1.45. The fourth-order valence-electron chi connectivity index (χ4n) is 4.19. The van der Waals surface area contributed by atoms with Gasteiger partial charge in [0.25, 0.3) is 0 Å². The Hall–Kier alpha value is -2.47. The Labute approximate surface area is 226 Å². The lowest BCUT2D eigenvalue weighted by Crippen LogP contribution is -2.49. The molecule has 11 heteroatoms. The average Bonchev–Trinajstić information content (AvgIpc) is 3.42. The molecule has 0 aliphatic carbocycles. The van der Waals surface area contributed by atoms with E-state index < -0.39 is 16.0 Å². The summed E-state index contributed by atoms with van der Waals surface area (Å²) >= 11 is 7.20. The van der Waals surface area contributed by atoms with Crippen molar-refractivity contribution in [2.75, 3.05) is 46.9 Å². The summed E-state index contributed by atoms with van der Waals surface area (Å²) in [7, 11) is -0.947. The molecule has 1 saturated heterocycles. The van der Waals surface area contributed by atoms with Gasteiger partial charge in [0.05, 0.1) is 26.9 Å². The zero-order valence-electron chi connectivity index (χ0n) is 20.6. The normalized spacial score (nSPS) is 15.9. The molecule has 8 nitrogen and oxygen atoms in total. The van der Waals surface area contributed by atoms with Crippen LogP contribution in [0.15, 0.2) is 64.9 Å². The minimum absolute atomic E-state index is 0.00286. The highest BCUT2D eigenvalue weighted by Crippen LogP contribution is 2.28. The van der Waals surface area contributed by atoms with Crippen LogP contribution in [-0.2, 0) is 26.1 Å². The smallest absolute Gasteiger partial charge is 0.349 e. The van der Waals surface area contributed by atoms with E-state index in [0.29, 0.717) is 44.4 Å². The number of methoxy groups -OCH3 is 2. The Morgan fingerprint density at radius 2 is 1.81 bits per heavy atom. The Kier molecular flexibility index (Phi) is 9.22. The minimum Gasteiger partial charge on any atom is -0.497 e. The molecule has 1 fully saturated rings. The molecule has 1 aliphatic rings. The molecule has 37 heavy (non-hydrogen) atoms. The lowest BCUT2D eigenvalue weighted by Gasteiger charge is -2.35. The highest BCUT2D eigenvalue weighted by molar-refractivity contribution is 7.89. The third-order valence-corrected chi connectivity index (χ3v) is 9.38. The number of ether oxygens (including phenoxy) is 3. The van der Waals surface area contributed by atoms with Crippen molar-refractivity contribution in [1.82, 2.24) is 9.21 Å². The number of thiophene rings is 1. The first-order chi connectivity index (χ1) is 17.8. The SMILES string of the molecule is COC(=O)c1sccc1S(=O)(=O)N1CCN(CC(OCc2cccc(Cl)c2)c2cccc(OC)c2)CC1. The van der Waals surface area contributed by atoms with Crippen LogP contribution < -0.4 is 4.74 Å². The lowest BCUT2D eigenvalue weighted by atomic mass is 10.1. The van der Waals surface area contributed by atoms with Gasteiger partial charge >= 0.3 is 5.97 Å². The van der Waals surface area contributed by atoms with Gasteiger partial charge in [0.1, 0.15) is 15.5 Å². The summed E-state index contributed by atoms with van der Waals surface area (Å²) in [4.78, 5) is 14.3. The summed E-state index contributed by atoms with van der Waals surface area (Å²) in [5, 5.41) is 2.24. The van der Waals surface area contributed by atoms with E-state index in [1.165, 1.54) is 17.5 Å². The molecule has 0 radical (unpaired) electrons. The number of rotatable bonds is 10. The molecular formula is C26H29ClN2O6S2. The molecule has 1 atom stereocenters. The van der Waals surface area contributed by atoms with E-state index in [4.69, 9.17) is 25.8 Å². The zero-order valence-corrected chi connectivity index (χ0v) is 23.0. The number of carbonyl (C=O) groups excluding carboxylic acids is 1. The topological polar surface area (TPSA) is 85.4 Å². The molecule has 0 N–H and O–H groups in total. The predicted molar refractivity (Wildman–Crippen MR) is 143 cm³/mol. The largest absolute Gasteiger partial charge is 0.497 e. The molecule has 0 amide bonds. The number of piperazine rings is 1. The fourth-order valence-corrected chi connectivity index (χ4v) is 7.13. The average molecular weight is 565 g/mol. The van der Waals surface area contributed by atoms with Crippen molar-refractivity contribution in [3.05, 3.63) is 81.0 Å². The van der Waals surface area contributed by atoms with E-state index in [2.05, 4.69) is 4.90 Å². The third kappa shape index (κ3) is 6.70. The van der Waals surface area contributed by atoms with Gasteiger partial charge in [-0.25, -0.2) is 13.2 Å². The number of hydrogen-bond donors (Lipinski definition) is 0. The van der Waals surface area contributed by atoms with Crippen molar-refractivity contribution < 1.29 is 27.4 Å². The molecule has 1 aromatic heterocycles. The van der Waals surface area contributed by atoms with Crippen LogP contribution in [0.3, 0.4) is 0 Å². The van der Waals surface area contributed by atoms with Crippen molar-refractivity contribution in [3.8, 4) is 5.75 Å². The van der Waals surface area contributed by atoms with Gasteiger partial charge in [-0.15, -0.1) is 11.3 Å². The summed E-state index contributed by atoms with van der Waals surface area (Å²) in [6, 6.07) is 16.8. The fraction of sp³-hybridized carbons (Fsp3) is 0.346. The standard InChI is InChI=1S/C26H29ClN2O6S2/c1-33-22-8-4-6-20(16-22)23(35-18-19-5-3-7-21(27)15-19)17-28-10-12-29(13-11-28)37(31,32)24-9-14-36-25(24)26(30)34-2/h3-9,14-16,23H,10-13,17-18H2,1-2H3. The van der Waals surface area contributed by atoms with Crippen molar-refractivity contribution in [3.63, 3.8) is 0 Å². The van der Waals surface area contributed by atoms with Crippen LogP contribution in [0.4, 0.5) is 0 Å². The molecule has 3 aromatic rings. The molecule has 1 unspecified atom stereocenters. The number of nitrogens with zero attached hydrogens (tertiary/aromatic N) is 2. The molecule has 0 saturated carbocycles. The van der Waals surface area contributed by atoms with Crippen LogP contribution in [-0.4, -0.2) is 70.5 Å². The molecule has 198 valence electrons. The maximum absolute atomic E-state index is 13.3. The van der Waals surface area contributed by atoms with Crippen LogP contribution in [0.2, 0.25) is 5.02 Å². The van der Waals surface area contributed by atoms with Gasteiger partial charge in [-0.05, 0) is 46.8 Å². The molecule has 0 bridgehead atoms. The number of hydrogen-bond acceptors (Lipinski definition) is 8. The predicted octanol–water partition coefficient (Wildman–Crippen LogP) is 4.46. The highest BCUT2D eigenvalue weighted by Gasteiger charge is 2.33. The highest BCUT2D eigenvalue weighted by atomic mass is 35.5. The summed E-state index contributed by atoms with van der Waals surface area (Å²) in [6.07, 6.45) is -0.264. The van der Waals surface area contributed by atoms with Crippen molar-refractivity contribution in [2.45, 2.75) is 17.6 Å². The number of esters is 1. The first kappa shape index (κ1) is 27.6. The van der Waals surface area contributed by atoms with Gasteiger partial charge in [-0.1, -0.05) is 35.9 Å². The molecule has 1 aliphatic heterocycles. The summed E-state index contributed by atoms with van der Waals surface area (Å²) in [5.74, 6) is 0.0899. The van der Waals surface area contributed by atoms with Gasteiger partial charge < -0.3 is 14.2 Å². The first-order valence-corrected chi connectivity index (χ1v) is 14.4. The van der Waals surface area contributed by atoms with Crippen LogP contribution in [0.5, 0.6) is 5.75 Å². The van der Waals surface area contributed by atoms with Crippen molar-refractivity contribution in [2.24, 2.45) is 0 Å². The van der Waals surface area contributed by atoms with E-state index in [0.717, 1.165) is 28.2 Å². The van der Waals surface area contributed by atoms with Gasteiger partial charge in [0, 0.05) is 37.7 Å². The maximum Gasteiger partial charge on any atom is 0.349 e. The van der Waals surface area contributed by atoms with E-state index in [9.17, 15) is 13.2 Å². The first-order valence-electron chi connectivity index (χ1n) is 11.7. The number of halogens is 1. The summed E-state index contributed by atoms with van der Waals surface area (Å²) in [5.41, 5.74) is 1.94. The third-order valence-electron chi connectivity index (χ3n) is 6.18. The minimum atomic E-state index is -3.81. The Morgan fingerprint density at radius 3 is 2.51 bits per heavy atom. The van der Waals surface area contributed by atoms with Crippen LogP contribution in [0.25, 0.3) is 0 Å². The van der Waals surface area contributed by atoms with E-state index in [1.807, 2.05) is 48.5 Å². The van der Waals surface area contributed by atoms with Crippen LogP contribution >= 0.6 is 22.9 Å². The van der Waals surface area contributed by atoms with Gasteiger partial charge in [0.2, 0.25) is 10.0 Å². The molecule has 2 aromatic carbocycles. The van der Waals surface area contributed by atoms with E-state index in [-0.39, 0.29) is 15.9 Å². The maximum atomic E-state index is 13.3. The van der Waals surface area contributed by atoms with Gasteiger partial charge in [-0.3, -0.25) is 4.90 Å². The van der Waals surface area contributed by atoms with E-state index in [1.54, 1.807) is 12.5 Å². The van der Waals surface area contributed by atoms with Gasteiger partial charge in [-0.2, -0.15) is 4.31 Å². The number of carbonyl (C=O) groups is 1. The number of benzene rings is 2.